The van der Waals surface area contributed by atoms with Crippen LogP contribution in [-0.4, -0.2) is 31.5 Å². The van der Waals surface area contributed by atoms with Crippen LogP contribution >= 0.6 is 0 Å². The fourth-order valence-corrected chi connectivity index (χ4v) is 1.58. The summed E-state index contributed by atoms with van der Waals surface area (Å²) < 4.78 is 10.5. The van der Waals surface area contributed by atoms with Crippen molar-refractivity contribution < 1.29 is 14.6 Å². The molecule has 1 rings (SSSR count). The Kier molecular flexibility index (Phi) is 4.15. The molecule has 1 unspecified atom stereocenters. The highest BCUT2D eigenvalue weighted by Gasteiger charge is 2.21. The molecule has 0 saturated carbocycles. The topological polar surface area (TPSA) is 64.7 Å². The minimum absolute atomic E-state index is 0.0760. The van der Waals surface area contributed by atoms with E-state index < -0.39 is 5.54 Å². The number of methoxy groups -OCH3 is 2. The highest BCUT2D eigenvalue weighted by Crippen LogP contribution is 2.32. The second-order valence-corrected chi connectivity index (χ2v) is 4.14. The van der Waals surface area contributed by atoms with Gasteiger partial charge in [0, 0.05) is 5.54 Å². The monoisotopic (exact) mass is 225 g/mol. The summed E-state index contributed by atoms with van der Waals surface area (Å²) in [4.78, 5) is 0. The van der Waals surface area contributed by atoms with Crippen LogP contribution in [0.1, 0.15) is 12.5 Å². The highest BCUT2D eigenvalue weighted by atomic mass is 16.5. The van der Waals surface area contributed by atoms with Gasteiger partial charge < -0.3 is 20.3 Å². The maximum Gasteiger partial charge on any atom is 0.163 e. The number of hydrogen-bond acceptors (Lipinski definition) is 4. The molecule has 0 fully saturated rings. The molecule has 0 aliphatic rings. The molecule has 4 heteroatoms. The standard InChI is InChI=1S/C12H19NO3/c1-12(13,8-14)7-9-5-4-6-10(15-2)11(9)16-3/h4-6,14H,7-8,13H2,1-3H3. The van der Waals surface area contributed by atoms with Crippen LogP contribution in [0.5, 0.6) is 11.5 Å². The summed E-state index contributed by atoms with van der Waals surface area (Å²) in [6, 6.07) is 5.63. The van der Waals surface area contributed by atoms with Crippen LogP contribution < -0.4 is 15.2 Å². The summed E-state index contributed by atoms with van der Waals surface area (Å²) in [7, 11) is 3.18. The zero-order valence-corrected chi connectivity index (χ0v) is 9.99. The molecular formula is C12H19NO3. The molecule has 0 spiro atoms. The van der Waals surface area contributed by atoms with Crippen molar-refractivity contribution >= 4 is 0 Å². The van der Waals surface area contributed by atoms with Gasteiger partial charge in [-0.2, -0.15) is 0 Å². The van der Waals surface area contributed by atoms with Gasteiger partial charge in [-0.1, -0.05) is 12.1 Å². The molecule has 3 N–H and O–H groups in total. The van der Waals surface area contributed by atoms with Gasteiger partial charge in [-0.05, 0) is 25.0 Å². The molecule has 4 nitrogen and oxygen atoms in total. The Balaban J connectivity index is 3.04. The van der Waals surface area contributed by atoms with Crippen LogP contribution in [0.2, 0.25) is 0 Å². The molecule has 0 aromatic heterocycles. The number of aliphatic hydroxyl groups is 1. The lowest BCUT2D eigenvalue weighted by atomic mass is 9.94. The Morgan fingerprint density at radius 3 is 2.50 bits per heavy atom. The molecule has 0 saturated heterocycles. The van der Waals surface area contributed by atoms with Gasteiger partial charge in [0.25, 0.3) is 0 Å². The van der Waals surface area contributed by atoms with E-state index >= 15 is 0 Å². The number of nitrogens with two attached hydrogens (primary N) is 1. The summed E-state index contributed by atoms with van der Waals surface area (Å²) in [5.74, 6) is 1.35. The molecule has 1 aromatic rings. The number of benzene rings is 1. The van der Waals surface area contributed by atoms with Crippen LogP contribution in [0.25, 0.3) is 0 Å². The van der Waals surface area contributed by atoms with Gasteiger partial charge in [0.15, 0.2) is 11.5 Å². The zero-order valence-electron chi connectivity index (χ0n) is 9.99. The van der Waals surface area contributed by atoms with E-state index in [-0.39, 0.29) is 6.61 Å². The number of ether oxygens (including phenoxy) is 2. The van der Waals surface area contributed by atoms with Gasteiger partial charge in [0.05, 0.1) is 20.8 Å². The highest BCUT2D eigenvalue weighted by molar-refractivity contribution is 5.47. The van der Waals surface area contributed by atoms with E-state index in [1.807, 2.05) is 18.2 Å². The fourth-order valence-electron chi connectivity index (χ4n) is 1.58. The van der Waals surface area contributed by atoms with Crippen molar-refractivity contribution in [2.45, 2.75) is 18.9 Å². The van der Waals surface area contributed by atoms with Gasteiger partial charge in [-0.15, -0.1) is 0 Å². The SMILES string of the molecule is COc1cccc(CC(C)(N)CO)c1OC. The zero-order chi connectivity index (χ0) is 12.2. The Bertz CT molecular complexity index is 350. The van der Waals surface area contributed by atoms with Crippen molar-refractivity contribution in [3.63, 3.8) is 0 Å². The maximum atomic E-state index is 9.15. The molecule has 0 radical (unpaired) electrons. The van der Waals surface area contributed by atoms with E-state index in [1.54, 1.807) is 21.1 Å². The van der Waals surface area contributed by atoms with Gasteiger partial charge >= 0.3 is 0 Å². The van der Waals surface area contributed by atoms with Crippen LogP contribution in [0.3, 0.4) is 0 Å². The molecule has 16 heavy (non-hydrogen) atoms. The van der Waals surface area contributed by atoms with Crippen molar-refractivity contribution in [3.8, 4) is 11.5 Å². The van der Waals surface area contributed by atoms with E-state index in [1.165, 1.54) is 0 Å². The quantitative estimate of drug-likeness (QED) is 0.783. The van der Waals surface area contributed by atoms with Crippen molar-refractivity contribution in [2.24, 2.45) is 5.73 Å². The van der Waals surface area contributed by atoms with Crippen LogP contribution in [0, 0.1) is 0 Å². The normalized spacial score (nSPS) is 14.3. The first-order valence-electron chi connectivity index (χ1n) is 5.13. The number of hydrogen-bond donors (Lipinski definition) is 2. The summed E-state index contributed by atoms with van der Waals surface area (Å²) in [6.07, 6.45) is 0.532. The van der Waals surface area contributed by atoms with Crippen LogP contribution in [-0.2, 0) is 6.42 Å². The molecule has 0 aliphatic heterocycles. The third-order valence-corrected chi connectivity index (χ3v) is 2.44. The summed E-state index contributed by atoms with van der Waals surface area (Å²) in [6.45, 7) is 1.72. The first-order valence-corrected chi connectivity index (χ1v) is 5.13. The number of para-hydroxylation sites is 1. The minimum Gasteiger partial charge on any atom is -0.493 e. The van der Waals surface area contributed by atoms with Crippen LogP contribution in [0.15, 0.2) is 18.2 Å². The summed E-state index contributed by atoms with van der Waals surface area (Å²) in [5.41, 5.74) is 6.20. The minimum atomic E-state index is -0.653. The van der Waals surface area contributed by atoms with E-state index in [0.717, 1.165) is 5.56 Å². The second kappa shape index (κ2) is 5.18. The molecule has 1 atom stereocenters. The van der Waals surface area contributed by atoms with Gasteiger partial charge in [-0.3, -0.25) is 0 Å². The Labute approximate surface area is 96.0 Å². The lowest BCUT2D eigenvalue weighted by molar-refractivity contribution is 0.207. The predicted molar refractivity (Wildman–Crippen MR) is 62.9 cm³/mol. The third-order valence-electron chi connectivity index (χ3n) is 2.44. The van der Waals surface area contributed by atoms with Crippen LogP contribution in [0.4, 0.5) is 0 Å². The molecule has 0 bridgehead atoms. The first kappa shape index (κ1) is 12.8. The molecule has 90 valence electrons. The number of rotatable bonds is 5. The molecule has 0 aliphatic carbocycles. The summed E-state index contributed by atoms with van der Waals surface area (Å²) in [5, 5.41) is 9.15. The smallest absolute Gasteiger partial charge is 0.163 e. The molecule has 0 heterocycles. The van der Waals surface area contributed by atoms with Gasteiger partial charge in [-0.25, -0.2) is 0 Å². The largest absolute Gasteiger partial charge is 0.493 e. The lowest BCUT2D eigenvalue weighted by Gasteiger charge is -2.23. The summed E-state index contributed by atoms with van der Waals surface area (Å²) >= 11 is 0. The van der Waals surface area contributed by atoms with Crippen molar-refractivity contribution in [1.29, 1.82) is 0 Å². The van der Waals surface area contributed by atoms with Crippen molar-refractivity contribution in [1.82, 2.24) is 0 Å². The van der Waals surface area contributed by atoms with E-state index in [2.05, 4.69) is 0 Å². The van der Waals surface area contributed by atoms with Crippen molar-refractivity contribution in [3.05, 3.63) is 23.8 Å². The third kappa shape index (κ3) is 2.87. The Morgan fingerprint density at radius 1 is 1.31 bits per heavy atom. The fraction of sp³-hybridized carbons (Fsp3) is 0.500. The van der Waals surface area contributed by atoms with E-state index in [9.17, 15) is 0 Å². The molecule has 0 amide bonds. The van der Waals surface area contributed by atoms with E-state index in [0.29, 0.717) is 17.9 Å². The maximum absolute atomic E-state index is 9.15. The van der Waals surface area contributed by atoms with Gasteiger partial charge in [0.1, 0.15) is 0 Å². The Hall–Kier alpha value is -1.26. The predicted octanol–water partition coefficient (Wildman–Crippen LogP) is 0.956. The van der Waals surface area contributed by atoms with Gasteiger partial charge in [0.2, 0.25) is 0 Å². The van der Waals surface area contributed by atoms with E-state index in [4.69, 9.17) is 20.3 Å². The lowest BCUT2D eigenvalue weighted by Crippen LogP contribution is -2.42. The van der Waals surface area contributed by atoms with Crippen molar-refractivity contribution in [2.75, 3.05) is 20.8 Å². The molecular weight excluding hydrogens is 206 g/mol. The average Bonchev–Trinajstić information content (AvgIpc) is 2.28. The molecule has 1 aromatic carbocycles. The average molecular weight is 225 g/mol. The second-order valence-electron chi connectivity index (χ2n) is 4.14. The number of aliphatic hydroxyl groups excluding tert-OH is 1. The Morgan fingerprint density at radius 2 is 2.00 bits per heavy atom. The first-order chi connectivity index (χ1) is 7.54.